The van der Waals surface area contributed by atoms with Crippen molar-refractivity contribution in [2.24, 2.45) is 0 Å². The van der Waals surface area contributed by atoms with Crippen LogP contribution in [0.3, 0.4) is 0 Å². The molecule has 1 N–H and O–H groups in total. The van der Waals surface area contributed by atoms with Crippen LogP contribution in [0.25, 0.3) is 0 Å². The summed E-state index contributed by atoms with van der Waals surface area (Å²) >= 11 is 2.20. The highest BCUT2D eigenvalue weighted by Crippen LogP contribution is 2.14. The third kappa shape index (κ3) is 4.27. The van der Waals surface area contributed by atoms with Gasteiger partial charge in [-0.3, -0.25) is 9.78 Å². The van der Waals surface area contributed by atoms with Crippen LogP contribution in [0.2, 0.25) is 0 Å². The fourth-order valence-corrected chi connectivity index (χ4v) is 2.57. The van der Waals surface area contributed by atoms with Crippen LogP contribution in [0.4, 0.5) is 0 Å². The van der Waals surface area contributed by atoms with Crippen molar-refractivity contribution in [1.29, 1.82) is 0 Å². The summed E-state index contributed by atoms with van der Waals surface area (Å²) in [5.74, 6) is -0.800. The van der Waals surface area contributed by atoms with Crippen molar-refractivity contribution in [1.82, 2.24) is 10.3 Å². The van der Waals surface area contributed by atoms with E-state index >= 15 is 0 Å². The SMILES string of the molecule is COC(=O)[C@H](Cc1ccccc1I)NC(=O)c1ccncc1. The molecule has 0 bridgehead atoms. The average Bonchev–Trinajstić information content (AvgIpc) is 2.56. The number of carbonyl (C=O) groups excluding carboxylic acids is 2. The molecule has 0 aliphatic rings. The van der Waals surface area contributed by atoms with Gasteiger partial charge in [-0.2, -0.15) is 0 Å². The van der Waals surface area contributed by atoms with Gasteiger partial charge in [0.1, 0.15) is 6.04 Å². The lowest BCUT2D eigenvalue weighted by Crippen LogP contribution is -2.43. The molecule has 0 saturated carbocycles. The van der Waals surface area contributed by atoms with E-state index in [1.807, 2.05) is 24.3 Å². The maximum Gasteiger partial charge on any atom is 0.328 e. The molecular weight excluding hydrogens is 395 g/mol. The summed E-state index contributed by atoms with van der Waals surface area (Å²) in [6.45, 7) is 0. The molecule has 0 fully saturated rings. The Hall–Kier alpha value is -1.96. The van der Waals surface area contributed by atoms with E-state index in [1.54, 1.807) is 12.1 Å². The van der Waals surface area contributed by atoms with Gasteiger partial charge in [0.15, 0.2) is 0 Å². The van der Waals surface area contributed by atoms with Crippen LogP contribution in [-0.2, 0) is 16.0 Å². The Morgan fingerprint density at radius 2 is 1.91 bits per heavy atom. The highest BCUT2D eigenvalue weighted by Gasteiger charge is 2.23. The Bertz CT molecular complexity index is 661. The Morgan fingerprint density at radius 3 is 2.55 bits per heavy atom. The third-order valence-corrected chi connectivity index (χ3v) is 4.17. The molecule has 0 aliphatic heterocycles. The van der Waals surface area contributed by atoms with E-state index < -0.39 is 12.0 Å². The van der Waals surface area contributed by atoms with Gasteiger partial charge in [0.05, 0.1) is 7.11 Å². The lowest BCUT2D eigenvalue weighted by atomic mass is 10.1. The first-order valence-electron chi connectivity index (χ1n) is 6.64. The normalized spacial score (nSPS) is 11.5. The first kappa shape index (κ1) is 16.4. The summed E-state index contributed by atoms with van der Waals surface area (Å²) in [5.41, 5.74) is 1.43. The van der Waals surface area contributed by atoms with Crippen molar-refractivity contribution in [3.63, 3.8) is 0 Å². The van der Waals surface area contributed by atoms with E-state index in [1.165, 1.54) is 19.5 Å². The summed E-state index contributed by atoms with van der Waals surface area (Å²) in [6.07, 6.45) is 3.44. The molecular formula is C16H15IN2O3. The predicted octanol–water partition coefficient (Wildman–Crippen LogP) is 2.20. The maximum absolute atomic E-state index is 12.2. The molecule has 1 heterocycles. The fraction of sp³-hybridized carbons (Fsp3) is 0.188. The Kier molecular flexibility index (Phi) is 5.88. The number of amides is 1. The number of carbonyl (C=O) groups is 2. The molecule has 6 heteroatoms. The van der Waals surface area contributed by atoms with Gasteiger partial charge in [-0.05, 0) is 46.4 Å². The summed E-state index contributed by atoms with van der Waals surface area (Å²) in [4.78, 5) is 28.0. The van der Waals surface area contributed by atoms with Crippen molar-refractivity contribution < 1.29 is 14.3 Å². The molecule has 1 atom stereocenters. The van der Waals surface area contributed by atoms with Gasteiger partial charge < -0.3 is 10.1 Å². The molecule has 2 rings (SSSR count). The van der Waals surface area contributed by atoms with Crippen molar-refractivity contribution in [2.75, 3.05) is 7.11 Å². The maximum atomic E-state index is 12.2. The predicted molar refractivity (Wildman–Crippen MR) is 90.4 cm³/mol. The van der Waals surface area contributed by atoms with Crippen molar-refractivity contribution >= 4 is 34.5 Å². The number of pyridine rings is 1. The molecule has 0 aliphatic carbocycles. The lowest BCUT2D eigenvalue weighted by molar-refractivity contribution is -0.142. The number of ether oxygens (including phenoxy) is 1. The van der Waals surface area contributed by atoms with E-state index in [4.69, 9.17) is 4.74 Å². The van der Waals surface area contributed by atoms with Gasteiger partial charge >= 0.3 is 5.97 Å². The van der Waals surface area contributed by atoms with Crippen LogP contribution in [0.15, 0.2) is 48.8 Å². The number of nitrogens with zero attached hydrogens (tertiary/aromatic N) is 1. The number of hydrogen-bond acceptors (Lipinski definition) is 4. The molecule has 22 heavy (non-hydrogen) atoms. The smallest absolute Gasteiger partial charge is 0.328 e. The average molecular weight is 410 g/mol. The Labute approximate surface area is 142 Å². The van der Waals surface area contributed by atoms with Gasteiger partial charge in [0.2, 0.25) is 0 Å². The number of esters is 1. The van der Waals surface area contributed by atoms with Crippen LogP contribution >= 0.6 is 22.6 Å². The molecule has 0 saturated heterocycles. The van der Waals surface area contributed by atoms with Gasteiger partial charge in [0.25, 0.3) is 5.91 Å². The second kappa shape index (κ2) is 7.88. The van der Waals surface area contributed by atoms with Gasteiger partial charge in [-0.1, -0.05) is 18.2 Å². The zero-order valence-electron chi connectivity index (χ0n) is 12.0. The monoisotopic (exact) mass is 410 g/mol. The zero-order valence-corrected chi connectivity index (χ0v) is 14.1. The van der Waals surface area contributed by atoms with Gasteiger partial charge in [0, 0.05) is 27.9 Å². The number of halogens is 1. The number of methoxy groups -OCH3 is 1. The summed E-state index contributed by atoms with van der Waals surface area (Å²) in [6, 6.07) is 10.2. The molecule has 1 aromatic heterocycles. The Balaban J connectivity index is 2.15. The minimum atomic E-state index is -0.735. The van der Waals surface area contributed by atoms with E-state index in [-0.39, 0.29) is 5.91 Å². The van der Waals surface area contributed by atoms with Crippen LogP contribution < -0.4 is 5.32 Å². The summed E-state index contributed by atoms with van der Waals surface area (Å²) < 4.78 is 5.83. The van der Waals surface area contributed by atoms with Gasteiger partial charge in [-0.25, -0.2) is 4.79 Å². The van der Waals surface area contributed by atoms with Crippen molar-refractivity contribution in [3.05, 3.63) is 63.5 Å². The minimum absolute atomic E-state index is 0.330. The molecule has 114 valence electrons. The van der Waals surface area contributed by atoms with E-state index in [0.717, 1.165) is 9.13 Å². The highest BCUT2D eigenvalue weighted by atomic mass is 127. The second-order valence-corrected chi connectivity index (χ2v) is 5.74. The zero-order chi connectivity index (χ0) is 15.9. The molecule has 2 aromatic rings. The third-order valence-electron chi connectivity index (χ3n) is 3.12. The van der Waals surface area contributed by atoms with Gasteiger partial charge in [-0.15, -0.1) is 0 Å². The van der Waals surface area contributed by atoms with E-state index in [2.05, 4.69) is 32.9 Å². The number of rotatable bonds is 5. The van der Waals surface area contributed by atoms with E-state index in [9.17, 15) is 9.59 Å². The molecule has 0 spiro atoms. The largest absolute Gasteiger partial charge is 0.467 e. The van der Waals surface area contributed by atoms with Crippen LogP contribution in [0, 0.1) is 3.57 Å². The lowest BCUT2D eigenvalue weighted by Gasteiger charge is -2.17. The van der Waals surface area contributed by atoms with Crippen molar-refractivity contribution in [2.45, 2.75) is 12.5 Å². The fourth-order valence-electron chi connectivity index (χ4n) is 1.96. The molecule has 0 radical (unpaired) electrons. The van der Waals surface area contributed by atoms with Crippen LogP contribution in [0.1, 0.15) is 15.9 Å². The standard InChI is InChI=1S/C16H15IN2O3/c1-22-16(21)14(10-12-4-2-3-5-13(12)17)19-15(20)11-6-8-18-9-7-11/h2-9,14H,10H2,1H3,(H,19,20)/t14-/m0/s1. The Morgan fingerprint density at radius 1 is 1.23 bits per heavy atom. The summed E-state index contributed by atoms with van der Waals surface area (Å²) in [7, 11) is 1.31. The minimum Gasteiger partial charge on any atom is -0.467 e. The first-order chi connectivity index (χ1) is 10.6. The topological polar surface area (TPSA) is 68.3 Å². The quantitative estimate of drug-likeness (QED) is 0.607. The second-order valence-electron chi connectivity index (χ2n) is 4.58. The number of nitrogens with one attached hydrogen (secondary N) is 1. The first-order valence-corrected chi connectivity index (χ1v) is 7.72. The molecule has 5 nitrogen and oxygen atoms in total. The molecule has 1 amide bonds. The number of hydrogen-bond donors (Lipinski definition) is 1. The number of aromatic nitrogens is 1. The summed E-state index contributed by atoms with van der Waals surface area (Å²) in [5, 5.41) is 2.72. The van der Waals surface area contributed by atoms with Crippen molar-refractivity contribution in [3.8, 4) is 0 Å². The van der Waals surface area contributed by atoms with Crippen LogP contribution in [-0.4, -0.2) is 30.0 Å². The number of benzene rings is 1. The molecule has 0 unspecified atom stereocenters. The highest BCUT2D eigenvalue weighted by molar-refractivity contribution is 14.1. The molecule has 1 aromatic carbocycles. The van der Waals surface area contributed by atoms with E-state index in [0.29, 0.717) is 12.0 Å². The van der Waals surface area contributed by atoms with Crippen LogP contribution in [0.5, 0.6) is 0 Å².